The first kappa shape index (κ1) is 31.2. The summed E-state index contributed by atoms with van der Waals surface area (Å²) in [7, 11) is 0. The van der Waals surface area contributed by atoms with Gasteiger partial charge in [0, 0.05) is 33.3 Å². The Kier molecular flexibility index (Phi) is 7.17. The molecule has 3 heteroatoms. The molecule has 0 saturated carbocycles. The Bertz CT molecular complexity index is 3000. The molecule has 0 fully saturated rings. The van der Waals surface area contributed by atoms with E-state index in [2.05, 4.69) is 205 Å². The molecular weight excluding hydrogens is 667 g/mol. The number of aromatic nitrogens is 2. The predicted octanol–water partition coefficient (Wildman–Crippen LogP) is 14.1. The summed E-state index contributed by atoms with van der Waals surface area (Å²) in [6.07, 6.45) is 0. The first-order chi connectivity index (χ1) is 27.2. The van der Waals surface area contributed by atoms with E-state index in [1.165, 1.54) is 49.2 Å². The largest absolute Gasteiger partial charge is 0.309 e. The third kappa shape index (κ3) is 5.28. The molecular formula is C52H33N3. The van der Waals surface area contributed by atoms with Crippen LogP contribution in [0.4, 0.5) is 17.1 Å². The molecule has 0 aliphatic carbocycles. The molecule has 0 amide bonds. The van der Waals surface area contributed by atoms with Gasteiger partial charge in [0.1, 0.15) is 0 Å². The van der Waals surface area contributed by atoms with Gasteiger partial charge in [0.25, 0.3) is 0 Å². The molecule has 0 saturated heterocycles. The van der Waals surface area contributed by atoms with Crippen LogP contribution >= 0.6 is 0 Å². The highest BCUT2D eigenvalue weighted by molar-refractivity contribution is 6.17. The number of benzene rings is 9. The van der Waals surface area contributed by atoms with Gasteiger partial charge >= 0.3 is 0 Å². The highest BCUT2D eigenvalue weighted by Crippen LogP contribution is 2.53. The van der Waals surface area contributed by atoms with E-state index in [-0.39, 0.29) is 0 Å². The van der Waals surface area contributed by atoms with Crippen LogP contribution in [0.1, 0.15) is 0 Å². The summed E-state index contributed by atoms with van der Waals surface area (Å²) in [5.41, 5.74) is 13.1. The molecule has 0 bridgehead atoms. The summed E-state index contributed by atoms with van der Waals surface area (Å²) in [5.74, 6) is 0.701. The lowest BCUT2D eigenvalue weighted by Gasteiger charge is -2.34. The van der Waals surface area contributed by atoms with Gasteiger partial charge in [0.15, 0.2) is 5.82 Å². The van der Waals surface area contributed by atoms with Gasteiger partial charge in [-0.1, -0.05) is 158 Å². The van der Waals surface area contributed by atoms with E-state index in [0.717, 1.165) is 50.5 Å². The number of hydrogen-bond acceptors (Lipinski definition) is 3. The number of hydrogen-bond donors (Lipinski definition) is 0. The molecule has 0 atom stereocenters. The van der Waals surface area contributed by atoms with Crippen LogP contribution in [0.3, 0.4) is 0 Å². The average molecular weight is 700 g/mol. The molecule has 0 unspecified atom stereocenters. The standard InChI is InChI=1S/C52H33N3/c1-3-14-36(15-4-1)43-28-29-49-51-45(43)20-11-21-46(51)44-27-26-40(32-50(44)55(49)42-18-5-2-6-19-42)48-33-47(39-24-22-34-12-7-9-16-37(34)30-39)53-52(54-48)41-25-23-35-13-8-10-17-38(35)31-41/h1-33H. The van der Waals surface area contributed by atoms with Gasteiger partial charge in [0.2, 0.25) is 0 Å². The maximum Gasteiger partial charge on any atom is 0.160 e. The summed E-state index contributed by atoms with van der Waals surface area (Å²) in [6.45, 7) is 0. The fraction of sp³-hybridized carbons (Fsp3) is 0. The Balaban J connectivity index is 1.13. The number of para-hydroxylation sites is 1. The number of anilines is 3. The maximum atomic E-state index is 5.31. The molecule has 1 aliphatic heterocycles. The van der Waals surface area contributed by atoms with Gasteiger partial charge in [-0.3, -0.25) is 0 Å². The van der Waals surface area contributed by atoms with Crippen molar-refractivity contribution < 1.29 is 0 Å². The van der Waals surface area contributed by atoms with Crippen molar-refractivity contribution in [1.29, 1.82) is 0 Å². The van der Waals surface area contributed by atoms with E-state index in [1.807, 2.05) is 0 Å². The van der Waals surface area contributed by atoms with Crippen molar-refractivity contribution in [2.24, 2.45) is 0 Å². The lowest BCUT2D eigenvalue weighted by atomic mass is 9.87. The molecule has 11 rings (SSSR count). The van der Waals surface area contributed by atoms with Gasteiger partial charge in [-0.05, 0) is 86.1 Å². The third-order valence-electron chi connectivity index (χ3n) is 11.0. The zero-order valence-corrected chi connectivity index (χ0v) is 29.9. The van der Waals surface area contributed by atoms with E-state index in [1.54, 1.807) is 0 Å². The summed E-state index contributed by atoms with van der Waals surface area (Å²) >= 11 is 0. The Morgan fingerprint density at radius 1 is 0.327 bits per heavy atom. The van der Waals surface area contributed by atoms with E-state index in [4.69, 9.17) is 9.97 Å². The van der Waals surface area contributed by atoms with Gasteiger partial charge in [-0.2, -0.15) is 0 Å². The van der Waals surface area contributed by atoms with Crippen LogP contribution in [-0.2, 0) is 0 Å². The van der Waals surface area contributed by atoms with Crippen molar-refractivity contribution in [3.05, 3.63) is 200 Å². The minimum Gasteiger partial charge on any atom is -0.309 e. The van der Waals surface area contributed by atoms with Crippen LogP contribution in [0.5, 0.6) is 0 Å². The first-order valence-electron chi connectivity index (χ1n) is 18.7. The van der Waals surface area contributed by atoms with E-state index >= 15 is 0 Å². The first-order valence-corrected chi connectivity index (χ1v) is 18.7. The summed E-state index contributed by atoms with van der Waals surface area (Å²) in [5, 5.41) is 7.25. The monoisotopic (exact) mass is 699 g/mol. The second kappa shape index (κ2) is 12.6. The van der Waals surface area contributed by atoms with Crippen LogP contribution in [0, 0.1) is 0 Å². The third-order valence-corrected chi connectivity index (χ3v) is 11.0. The summed E-state index contributed by atoms with van der Waals surface area (Å²) in [6, 6.07) is 71.7. The molecule has 55 heavy (non-hydrogen) atoms. The van der Waals surface area contributed by atoms with Crippen LogP contribution in [-0.4, -0.2) is 9.97 Å². The van der Waals surface area contributed by atoms with E-state index in [9.17, 15) is 0 Å². The Morgan fingerprint density at radius 2 is 0.909 bits per heavy atom. The minimum atomic E-state index is 0.701. The highest BCUT2D eigenvalue weighted by Gasteiger charge is 2.28. The molecule has 9 aromatic carbocycles. The topological polar surface area (TPSA) is 29.0 Å². The molecule has 0 spiro atoms. The lowest BCUT2D eigenvalue weighted by molar-refractivity contribution is 1.18. The normalized spacial score (nSPS) is 12.0. The average Bonchev–Trinajstić information content (AvgIpc) is 3.26. The molecule has 3 nitrogen and oxygen atoms in total. The van der Waals surface area contributed by atoms with E-state index < -0.39 is 0 Å². The highest BCUT2D eigenvalue weighted by atomic mass is 15.2. The Hall–Kier alpha value is -7.36. The summed E-state index contributed by atoms with van der Waals surface area (Å²) < 4.78 is 0. The van der Waals surface area contributed by atoms with Gasteiger partial charge in [-0.25, -0.2) is 9.97 Å². The molecule has 256 valence electrons. The molecule has 1 aliphatic rings. The smallest absolute Gasteiger partial charge is 0.160 e. The van der Waals surface area contributed by atoms with Crippen molar-refractivity contribution in [2.75, 3.05) is 4.90 Å². The predicted molar refractivity (Wildman–Crippen MR) is 230 cm³/mol. The van der Waals surface area contributed by atoms with Crippen molar-refractivity contribution >= 4 is 49.4 Å². The minimum absolute atomic E-state index is 0.701. The second-order valence-electron chi connectivity index (χ2n) is 14.2. The fourth-order valence-corrected chi connectivity index (χ4v) is 8.31. The molecule has 0 radical (unpaired) electrons. The van der Waals surface area contributed by atoms with Crippen LogP contribution in [0.25, 0.3) is 88.5 Å². The summed E-state index contributed by atoms with van der Waals surface area (Å²) in [4.78, 5) is 13.0. The maximum absolute atomic E-state index is 5.31. The SMILES string of the molecule is c1ccc(-c2ccc3c4c(cccc24)-c2ccc(-c4cc(-c5ccc6ccccc6c5)nc(-c5ccc6ccccc6c5)n4)cc2N3c2ccccc2)cc1. The van der Waals surface area contributed by atoms with Crippen molar-refractivity contribution in [1.82, 2.24) is 9.97 Å². The van der Waals surface area contributed by atoms with Crippen LogP contribution in [0.15, 0.2) is 200 Å². The molecule has 10 aromatic rings. The number of rotatable bonds is 5. The van der Waals surface area contributed by atoms with Crippen LogP contribution in [0.2, 0.25) is 0 Å². The van der Waals surface area contributed by atoms with Crippen LogP contribution < -0.4 is 4.90 Å². The second-order valence-corrected chi connectivity index (χ2v) is 14.2. The Morgan fingerprint density at radius 3 is 1.64 bits per heavy atom. The van der Waals surface area contributed by atoms with Crippen molar-refractivity contribution in [3.8, 4) is 56.2 Å². The van der Waals surface area contributed by atoms with Crippen molar-refractivity contribution in [2.45, 2.75) is 0 Å². The van der Waals surface area contributed by atoms with E-state index in [0.29, 0.717) is 5.82 Å². The fourth-order valence-electron chi connectivity index (χ4n) is 8.31. The number of nitrogens with zero attached hydrogens (tertiary/aromatic N) is 3. The molecule has 0 N–H and O–H groups in total. The zero-order chi connectivity index (χ0) is 36.3. The zero-order valence-electron chi connectivity index (χ0n) is 29.9. The van der Waals surface area contributed by atoms with Gasteiger partial charge < -0.3 is 4.90 Å². The van der Waals surface area contributed by atoms with Gasteiger partial charge in [-0.15, -0.1) is 0 Å². The lowest BCUT2D eigenvalue weighted by Crippen LogP contribution is -2.15. The molecule has 1 aromatic heterocycles. The molecule has 2 heterocycles. The number of fused-ring (bicyclic) bond motifs is 4. The van der Waals surface area contributed by atoms with Gasteiger partial charge in [0.05, 0.1) is 22.8 Å². The van der Waals surface area contributed by atoms with Crippen molar-refractivity contribution in [3.63, 3.8) is 0 Å². The Labute approximate surface area is 319 Å². The quantitative estimate of drug-likeness (QED) is 0.179.